The van der Waals surface area contributed by atoms with E-state index in [2.05, 4.69) is 271 Å². The average molecular weight is 1060 g/mol. The second-order valence-corrected chi connectivity index (χ2v) is 26.8. The summed E-state index contributed by atoms with van der Waals surface area (Å²) in [7, 11) is 0. The second-order valence-electron chi connectivity index (χ2n) is 26.8. The molecule has 0 atom stereocenters. The van der Waals surface area contributed by atoms with E-state index in [-0.39, 0.29) is 16.2 Å². The molecule has 16 rings (SSSR count). The van der Waals surface area contributed by atoms with Crippen LogP contribution in [0.15, 0.2) is 236 Å². The van der Waals surface area contributed by atoms with E-state index in [9.17, 15) is 0 Å². The van der Waals surface area contributed by atoms with Gasteiger partial charge in [-0.1, -0.05) is 260 Å². The van der Waals surface area contributed by atoms with Crippen molar-refractivity contribution in [3.8, 4) is 55.6 Å². The number of para-hydroxylation sites is 1. The molecule has 7 aliphatic rings. The molecular weight excluding hydrogens is 987 g/mol. The Labute approximate surface area is 486 Å². The van der Waals surface area contributed by atoms with Gasteiger partial charge in [0.25, 0.3) is 0 Å². The highest BCUT2D eigenvalue weighted by molar-refractivity contribution is 6.01. The van der Waals surface area contributed by atoms with Crippen LogP contribution in [0.1, 0.15) is 149 Å². The van der Waals surface area contributed by atoms with E-state index in [4.69, 9.17) is 0 Å². The minimum atomic E-state index is -0.559. The monoisotopic (exact) mass is 1060 g/mol. The van der Waals surface area contributed by atoms with Crippen LogP contribution in [-0.2, 0) is 27.1 Å². The summed E-state index contributed by atoms with van der Waals surface area (Å²) >= 11 is 0. The van der Waals surface area contributed by atoms with Gasteiger partial charge in [-0.15, -0.1) is 0 Å². The smallest absolute Gasteiger partial charge is 0.0726 e. The fourth-order valence-corrected chi connectivity index (χ4v) is 16.9. The Bertz CT molecular complexity index is 4220. The average Bonchev–Trinajstić information content (AvgIpc) is 2.86. The molecule has 0 saturated heterocycles. The van der Waals surface area contributed by atoms with Crippen molar-refractivity contribution in [1.82, 2.24) is 0 Å². The molecule has 400 valence electrons. The molecule has 0 heterocycles. The van der Waals surface area contributed by atoms with Crippen molar-refractivity contribution in [2.24, 2.45) is 0 Å². The minimum Gasteiger partial charge on any atom is -0.310 e. The topological polar surface area (TPSA) is 3.24 Å². The fraction of sp³-hybridized carbons (Fsp3) is 0.235. The van der Waals surface area contributed by atoms with Gasteiger partial charge in [0.15, 0.2) is 0 Å². The summed E-state index contributed by atoms with van der Waals surface area (Å²) in [6.07, 6.45) is 23.3. The lowest BCUT2D eigenvalue weighted by molar-refractivity contribution is 0.550. The first-order valence-electron chi connectivity index (χ1n) is 30.6. The number of anilines is 3. The van der Waals surface area contributed by atoms with Crippen LogP contribution in [0, 0.1) is 0 Å². The van der Waals surface area contributed by atoms with Crippen molar-refractivity contribution >= 4 is 17.1 Å². The lowest BCUT2D eigenvalue weighted by Gasteiger charge is -2.40. The number of nitrogens with zero attached hydrogens (tertiary/aromatic N) is 1. The minimum absolute atomic E-state index is 0.0449. The molecule has 82 heavy (non-hydrogen) atoms. The van der Waals surface area contributed by atoms with Gasteiger partial charge in [0.1, 0.15) is 0 Å². The van der Waals surface area contributed by atoms with E-state index in [1.165, 1.54) is 159 Å². The molecule has 0 aromatic heterocycles. The Kier molecular flexibility index (Phi) is 10.8. The van der Waals surface area contributed by atoms with Crippen molar-refractivity contribution in [3.63, 3.8) is 0 Å². The molecule has 0 unspecified atom stereocenters. The molecule has 1 saturated carbocycles. The summed E-state index contributed by atoms with van der Waals surface area (Å²) in [4.78, 5) is 2.67. The summed E-state index contributed by atoms with van der Waals surface area (Å²) < 4.78 is 0. The van der Waals surface area contributed by atoms with E-state index in [0.717, 1.165) is 31.4 Å². The summed E-state index contributed by atoms with van der Waals surface area (Å²) in [5.74, 6) is 0. The second kappa shape index (κ2) is 17.9. The maximum absolute atomic E-state index is 2.67. The maximum Gasteiger partial charge on any atom is 0.0726 e. The van der Waals surface area contributed by atoms with E-state index in [1.807, 2.05) is 0 Å². The highest BCUT2D eigenvalue weighted by atomic mass is 15.1. The predicted molar refractivity (Wildman–Crippen MR) is 344 cm³/mol. The molecule has 9 aromatic carbocycles. The van der Waals surface area contributed by atoms with E-state index in [0.29, 0.717) is 0 Å². The van der Waals surface area contributed by atoms with Gasteiger partial charge < -0.3 is 4.90 Å². The third kappa shape index (κ3) is 6.74. The Balaban J connectivity index is 0.999. The van der Waals surface area contributed by atoms with Crippen LogP contribution in [0.5, 0.6) is 0 Å². The number of hydrogen-bond donors (Lipinski definition) is 0. The van der Waals surface area contributed by atoms with Gasteiger partial charge in [0.2, 0.25) is 0 Å². The summed E-state index contributed by atoms with van der Waals surface area (Å²) in [5, 5.41) is 0. The highest BCUT2D eigenvalue weighted by Gasteiger charge is 2.54. The van der Waals surface area contributed by atoms with Crippen molar-refractivity contribution in [2.45, 2.75) is 120 Å². The zero-order valence-electron chi connectivity index (χ0n) is 48.5. The zero-order valence-corrected chi connectivity index (χ0v) is 48.5. The molecular formula is C81H71N. The number of allylic oxidation sites excluding steroid dienone is 8. The maximum atomic E-state index is 2.67. The molecule has 1 heteroatoms. The molecule has 9 aromatic rings. The van der Waals surface area contributed by atoms with Gasteiger partial charge in [0.05, 0.1) is 16.5 Å². The van der Waals surface area contributed by atoms with Gasteiger partial charge in [-0.3, -0.25) is 0 Å². The summed E-state index contributed by atoms with van der Waals surface area (Å²) in [6, 6.07) is 74.8. The van der Waals surface area contributed by atoms with Crippen LogP contribution in [0.3, 0.4) is 0 Å². The third-order valence-electron chi connectivity index (χ3n) is 20.6. The van der Waals surface area contributed by atoms with Gasteiger partial charge in [0, 0.05) is 22.4 Å². The van der Waals surface area contributed by atoms with Crippen LogP contribution in [0.4, 0.5) is 17.1 Å². The Hall–Kier alpha value is -8.26. The molecule has 1 fully saturated rings. The van der Waals surface area contributed by atoms with Crippen LogP contribution in [0.25, 0.3) is 55.6 Å². The zero-order chi connectivity index (χ0) is 55.3. The Morgan fingerprint density at radius 3 is 1.32 bits per heavy atom. The van der Waals surface area contributed by atoms with Crippen LogP contribution in [-0.4, -0.2) is 0 Å². The van der Waals surface area contributed by atoms with Crippen LogP contribution in [0.2, 0.25) is 0 Å². The largest absolute Gasteiger partial charge is 0.310 e. The standard InChI is InChI=1S/C81H71N/c1-77(2,3)54-38-42-60-61-43-39-55(78(4,5)6)49-72(61)81(71(60)48-54)69-35-19-14-29-59(69)63-45-41-57(51-74(63)81)82(75-37-20-16-30-64(75)65-32-23-36-70-76(65)66-31-15-17-33-67(66)79(70)46-21-22-47-79)56-40-44-62-58-28-13-18-34-68(58)80(73(62)50-56,52-24-9-7-10-25-52)53-26-11-8-12-27-53/h7-9,11,13-20,23-24,26,28-45,48-51H,10,12,21-22,25,27,46-47H2,1-6H3. The van der Waals surface area contributed by atoms with Gasteiger partial charge >= 0.3 is 0 Å². The predicted octanol–water partition coefficient (Wildman–Crippen LogP) is 21.4. The lowest BCUT2D eigenvalue weighted by atomic mass is 9.63. The first kappa shape index (κ1) is 49.5. The molecule has 0 aliphatic heterocycles. The fourth-order valence-electron chi connectivity index (χ4n) is 16.9. The lowest BCUT2D eigenvalue weighted by Crippen LogP contribution is -2.32. The SMILES string of the molecule is CC(C)(C)c1ccc2c(c1)C1(c3ccccc3-c3ccc(N(c4ccc5c(c4)C(C4=CC=CCC4)(C4=CC=CCC4)c4ccccc4-5)c4ccccc4-c4cccc5c4-c4ccccc4C54CCCC4)cc31)c1cc(C(C)(C)C)ccc1-2. The molecule has 0 amide bonds. The van der Waals surface area contributed by atoms with E-state index >= 15 is 0 Å². The molecule has 0 radical (unpaired) electrons. The van der Waals surface area contributed by atoms with Gasteiger partial charge in [-0.2, -0.15) is 0 Å². The third-order valence-corrected chi connectivity index (χ3v) is 20.6. The molecule has 2 spiro atoms. The number of hydrogen-bond acceptors (Lipinski definition) is 1. The van der Waals surface area contributed by atoms with Crippen LogP contribution >= 0.6 is 0 Å². The highest BCUT2D eigenvalue weighted by Crippen LogP contribution is 2.66. The Morgan fingerprint density at radius 1 is 0.354 bits per heavy atom. The Morgan fingerprint density at radius 2 is 0.780 bits per heavy atom. The normalized spacial score (nSPS) is 17.6. The van der Waals surface area contributed by atoms with Crippen LogP contribution < -0.4 is 4.90 Å². The van der Waals surface area contributed by atoms with Gasteiger partial charge in [-0.05, 0) is 185 Å². The first-order valence-corrected chi connectivity index (χ1v) is 30.6. The number of rotatable bonds is 6. The summed E-state index contributed by atoms with van der Waals surface area (Å²) in [6.45, 7) is 14.2. The molecule has 0 N–H and O–H groups in total. The molecule has 0 bridgehead atoms. The van der Waals surface area contributed by atoms with Crippen molar-refractivity contribution in [1.29, 1.82) is 0 Å². The van der Waals surface area contributed by atoms with Gasteiger partial charge in [-0.25, -0.2) is 0 Å². The van der Waals surface area contributed by atoms with E-state index < -0.39 is 10.8 Å². The number of benzene rings is 9. The molecule has 7 aliphatic carbocycles. The van der Waals surface area contributed by atoms with E-state index in [1.54, 1.807) is 0 Å². The summed E-state index contributed by atoms with van der Waals surface area (Å²) in [5.41, 5.74) is 32.9. The number of fused-ring (bicyclic) bond motifs is 18. The van der Waals surface area contributed by atoms with Crippen molar-refractivity contribution in [3.05, 3.63) is 291 Å². The quantitative estimate of drug-likeness (QED) is 0.160. The first-order chi connectivity index (χ1) is 39.9. The molecule has 1 nitrogen and oxygen atoms in total. The van der Waals surface area contributed by atoms with Crippen molar-refractivity contribution in [2.75, 3.05) is 4.90 Å². The van der Waals surface area contributed by atoms with Crippen molar-refractivity contribution < 1.29 is 0 Å².